The Labute approximate surface area is 167 Å². The molecule has 0 bridgehead atoms. The van der Waals surface area contributed by atoms with Crippen LogP contribution in [0, 0.1) is 5.92 Å². The lowest BCUT2D eigenvalue weighted by atomic mass is 9.95. The zero-order chi connectivity index (χ0) is 20.5. The third-order valence-corrected chi connectivity index (χ3v) is 4.95. The molecule has 154 valence electrons. The van der Waals surface area contributed by atoms with Gasteiger partial charge in [0.05, 0.1) is 14.2 Å². The fraction of sp³-hybridized carbons (Fsp3) is 0.524. The Morgan fingerprint density at radius 1 is 1.43 bits per heavy atom. The Kier molecular flexibility index (Phi) is 8.17. The Hall–Kier alpha value is -2.70. The monoisotopic (exact) mass is 388 g/mol. The molecule has 7 nitrogen and oxygen atoms in total. The van der Waals surface area contributed by atoms with E-state index in [2.05, 4.69) is 27.9 Å². The van der Waals surface area contributed by atoms with Gasteiger partial charge < -0.3 is 25.4 Å². The average molecular weight is 389 g/mol. The molecular weight excluding hydrogens is 356 g/mol. The lowest BCUT2D eigenvalue weighted by Gasteiger charge is -2.34. The molecule has 1 fully saturated rings. The van der Waals surface area contributed by atoms with E-state index in [4.69, 9.17) is 15.2 Å². The number of carbonyl (C=O) groups is 1. The van der Waals surface area contributed by atoms with Gasteiger partial charge >= 0.3 is 0 Å². The van der Waals surface area contributed by atoms with E-state index in [0.717, 1.165) is 48.8 Å². The van der Waals surface area contributed by atoms with Crippen molar-refractivity contribution in [2.24, 2.45) is 16.6 Å². The number of nitrogens with one attached hydrogen (secondary N) is 1. The fourth-order valence-corrected chi connectivity index (χ4v) is 3.74. The Morgan fingerprint density at radius 3 is 2.82 bits per heavy atom. The molecule has 1 heterocycles. The Morgan fingerprint density at radius 2 is 2.21 bits per heavy atom. The molecule has 0 saturated carbocycles. The van der Waals surface area contributed by atoms with Gasteiger partial charge in [0.25, 0.3) is 0 Å². The molecule has 0 spiro atoms. The number of ether oxygens (including phenoxy) is 2. The summed E-state index contributed by atoms with van der Waals surface area (Å²) in [6.07, 6.45) is 5.02. The summed E-state index contributed by atoms with van der Waals surface area (Å²) in [6, 6.07) is 4.06. The summed E-state index contributed by atoms with van der Waals surface area (Å²) in [4.78, 5) is 17.9. The highest BCUT2D eigenvalue weighted by atomic mass is 16.5. The van der Waals surface area contributed by atoms with Crippen molar-refractivity contribution < 1.29 is 14.3 Å². The fourth-order valence-electron chi connectivity index (χ4n) is 3.74. The molecule has 1 aliphatic heterocycles. The van der Waals surface area contributed by atoms with Crippen molar-refractivity contribution in [3.63, 3.8) is 0 Å². The number of nitrogens with zero attached hydrogens (tertiary/aromatic N) is 2. The maximum atomic E-state index is 11.3. The zero-order valence-corrected chi connectivity index (χ0v) is 17.2. The van der Waals surface area contributed by atoms with Gasteiger partial charge in [-0.2, -0.15) is 0 Å². The van der Waals surface area contributed by atoms with Crippen molar-refractivity contribution in [2.45, 2.75) is 32.2 Å². The van der Waals surface area contributed by atoms with Crippen LogP contribution in [0.15, 0.2) is 29.8 Å². The van der Waals surface area contributed by atoms with Crippen LogP contribution >= 0.6 is 0 Å². The average Bonchev–Trinajstić information content (AvgIpc) is 2.68. The van der Waals surface area contributed by atoms with Gasteiger partial charge in [-0.1, -0.05) is 6.08 Å². The molecule has 28 heavy (non-hydrogen) atoms. The van der Waals surface area contributed by atoms with Crippen LogP contribution in [0.4, 0.5) is 0 Å². The van der Waals surface area contributed by atoms with Crippen molar-refractivity contribution in [3.05, 3.63) is 35.9 Å². The summed E-state index contributed by atoms with van der Waals surface area (Å²) in [6.45, 7) is 6.13. The number of amides is 1. The maximum absolute atomic E-state index is 11.3. The predicted octanol–water partition coefficient (Wildman–Crippen LogP) is 2.10. The molecule has 1 amide bonds. The van der Waals surface area contributed by atoms with E-state index >= 15 is 0 Å². The van der Waals surface area contributed by atoms with E-state index < -0.39 is 0 Å². The number of nitrogens with two attached hydrogens (primary N) is 1. The maximum Gasteiger partial charge on any atom is 0.217 e. The van der Waals surface area contributed by atoms with E-state index in [1.54, 1.807) is 21.3 Å². The lowest BCUT2D eigenvalue weighted by molar-refractivity contribution is -0.119. The second kappa shape index (κ2) is 10.6. The number of hydrogen-bond donors (Lipinski definition) is 2. The lowest BCUT2D eigenvalue weighted by Crippen LogP contribution is -2.46. The molecule has 1 unspecified atom stereocenters. The SMILES string of the molecule is C=CCc1cc(CNC(=NC)N2CCCC(CC(N)=O)C2)cc(OC)c1OC. The van der Waals surface area contributed by atoms with Crippen molar-refractivity contribution in [1.82, 2.24) is 10.2 Å². The summed E-state index contributed by atoms with van der Waals surface area (Å²) in [5.41, 5.74) is 7.47. The summed E-state index contributed by atoms with van der Waals surface area (Å²) in [7, 11) is 5.05. The molecule has 1 saturated heterocycles. The van der Waals surface area contributed by atoms with Crippen LogP contribution in [-0.4, -0.2) is 51.1 Å². The smallest absolute Gasteiger partial charge is 0.217 e. The van der Waals surface area contributed by atoms with Crippen molar-refractivity contribution >= 4 is 11.9 Å². The van der Waals surface area contributed by atoms with Crippen LogP contribution in [0.2, 0.25) is 0 Å². The topological polar surface area (TPSA) is 89.2 Å². The molecule has 2 rings (SSSR count). The molecule has 0 aromatic heterocycles. The Balaban J connectivity index is 2.09. The highest BCUT2D eigenvalue weighted by Gasteiger charge is 2.23. The van der Waals surface area contributed by atoms with Gasteiger partial charge in [-0.15, -0.1) is 6.58 Å². The van der Waals surface area contributed by atoms with Crippen LogP contribution in [-0.2, 0) is 17.8 Å². The van der Waals surface area contributed by atoms with Gasteiger partial charge in [-0.3, -0.25) is 9.79 Å². The van der Waals surface area contributed by atoms with Gasteiger partial charge in [0.15, 0.2) is 17.5 Å². The predicted molar refractivity (Wildman–Crippen MR) is 112 cm³/mol. The number of primary amides is 1. The van der Waals surface area contributed by atoms with Crippen LogP contribution in [0.25, 0.3) is 0 Å². The number of guanidine groups is 1. The number of carbonyl (C=O) groups excluding carboxylic acids is 1. The van der Waals surface area contributed by atoms with Crippen molar-refractivity contribution in [3.8, 4) is 11.5 Å². The molecule has 0 radical (unpaired) electrons. The van der Waals surface area contributed by atoms with Gasteiger partial charge in [0, 0.05) is 38.7 Å². The normalized spacial score (nSPS) is 17.2. The highest BCUT2D eigenvalue weighted by Crippen LogP contribution is 2.33. The summed E-state index contributed by atoms with van der Waals surface area (Å²) < 4.78 is 11.0. The number of allylic oxidation sites excluding steroid dienone is 1. The van der Waals surface area contributed by atoms with Gasteiger partial charge in [0.1, 0.15) is 0 Å². The first kappa shape index (κ1) is 21.6. The quantitative estimate of drug-likeness (QED) is 0.404. The second-order valence-corrected chi connectivity index (χ2v) is 7.01. The molecule has 7 heteroatoms. The number of aliphatic imine (C=N–C) groups is 1. The van der Waals surface area contributed by atoms with E-state index in [1.165, 1.54) is 0 Å². The van der Waals surface area contributed by atoms with Crippen molar-refractivity contribution in [1.29, 1.82) is 0 Å². The molecule has 1 atom stereocenters. The summed E-state index contributed by atoms with van der Waals surface area (Å²) in [5.74, 6) is 2.31. The van der Waals surface area contributed by atoms with E-state index in [0.29, 0.717) is 25.1 Å². The first-order valence-electron chi connectivity index (χ1n) is 9.60. The largest absolute Gasteiger partial charge is 0.493 e. The molecule has 1 aliphatic rings. The number of piperidine rings is 1. The first-order valence-corrected chi connectivity index (χ1v) is 9.60. The molecular formula is C21H32N4O3. The third kappa shape index (κ3) is 5.65. The van der Waals surface area contributed by atoms with Crippen LogP contribution in [0.5, 0.6) is 11.5 Å². The minimum Gasteiger partial charge on any atom is -0.493 e. The minimum absolute atomic E-state index is 0.241. The molecule has 0 aliphatic carbocycles. The van der Waals surface area contributed by atoms with Crippen LogP contribution < -0.4 is 20.5 Å². The highest BCUT2D eigenvalue weighted by molar-refractivity contribution is 5.80. The van der Waals surface area contributed by atoms with E-state index in [9.17, 15) is 4.79 Å². The first-order chi connectivity index (χ1) is 13.5. The number of methoxy groups -OCH3 is 2. The third-order valence-electron chi connectivity index (χ3n) is 4.95. The van der Waals surface area contributed by atoms with Gasteiger partial charge in [0.2, 0.25) is 5.91 Å². The number of benzene rings is 1. The minimum atomic E-state index is -0.241. The van der Waals surface area contributed by atoms with E-state index in [1.807, 2.05) is 12.1 Å². The summed E-state index contributed by atoms with van der Waals surface area (Å²) in [5, 5.41) is 3.42. The number of likely N-dealkylation sites (tertiary alicyclic amines) is 1. The zero-order valence-electron chi connectivity index (χ0n) is 17.2. The molecule has 3 N–H and O–H groups in total. The van der Waals surface area contributed by atoms with Crippen LogP contribution in [0.1, 0.15) is 30.4 Å². The van der Waals surface area contributed by atoms with Gasteiger partial charge in [-0.25, -0.2) is 0 Å². The number of rotatable bonds is 8. The molecule has 1 aromatic carbocycles. The van der Waals surface area contributed by atoms with Crippen molar-refractivity contribution in [2.75, 3.05) is 34.4 Å². The van der Waals surface area contributed by atoms with Gasteiger partial charge in [-0.05, 0) is 42.9 Å². The standard InChI is InChI=1S/C21H32N4O3/c1-5-7-17-10-16(11-18(27-3)20(17)28-4)13-24-21(23-2)25-9-6-8-15(14-25)12-19(22)26/h5,10-11,15H,1,6-9,12-14H2,2-4H3,(H2,22,26)(H,23,24). The second-order valence-electron chi connectivity index (χ2n) is 7.01. The molecule has 1 aromatic rings. The summed E-state index contributed by atoms with van der Waals surface area (Å²) >= 11 is 0. The Bertz CT molecular complexity index is 718. The van der Waals surface area contributed by atoms with E-state index in [-0.39, 0.29) is 11.8 Å². The van der Waals surface area contributed by atoms with Crippen LogP contribution in [0.3, 0.4) is 0 Å². The number of hydrogen-bond acceptors (Lipinski definition) is 4.